The summed E-state index contributed by atoms with van der Waals surface area (Å²) in [5, 5.41) is 3.79. The molecule has 2 aliphatic heterocycles. The van der Waals surface area contributed by atoms with Gasteiger partial charge in [0.2, 0.25) is 0 Å². The summed E-state index contributed by atoms with van der Waals surface area (Å²) in [5.74, 6) is 1.35. The Morgan fingerprint density at radius 1 is 1.19 bits per heavy atom. The van der Waals surface area contributed by atoms with Gasteiger partial charge in [-0.1, -0.05) is 30.3 Å². The first-order valence-corrected chi connectivity index (χ1v) is 9.25. The topological polar surface area (TPSA) is 15.3 Å². The van der Waals surface area contributed by atoms with Crippen LogP contribution in [0.15, 0.2) is 30.3 Å². The minimum atomic E-state index is 0.0807. The first-order valence-electron chi connectivity index (χ1n) is 8.27. The van der Waals surface area contributed by atoms with Crippen molar-refractivity contribution in [2.45, 2.75) is 43.4 Å². The molecule has 2 heterocycles. The van der Waals surface area contributed by atoms with Crippen LogP contribution in [0.4, 0.5) is 0 Å². The van der Waals surface area contributed by atoms with Gasteiger partial charge in [-0.3, -0.25) is 4.90 Å². The van der Waals surface area contributed by atoms with Gasteiger partial charge >= 0.3 is 0 Å². The molecule has 0 aliphatic carbocycles. The van der Waals surface area contributed by atoms with E-state index in [0.717, 1.165) is 13.1 Å². The maximum atomic E-state index is 3.79. The minimum Gasteiger partial charge on any atom is -0.307 e. The predicted molar refractivity (Wildman–Crippen MR) is 93.0 cm³/mol. The molecule has 1 aromatic rings. The second-order valence-corrected chi connectivity index (χ2v) is 8.77. The summed E-state index contributed by atoms with van der Waals surface area (Å²) in [6, 6.07) is 11.0. The molecule has 0 spiro atoms. The van der Waals surface area contributed by atoms with Gasteiger partial charge in [-0.25, -0.2) is 0 Å². The lowest BCUT2D eigenvalue weighted by atomic mass is 9.91. The van der Waals surface area contributed by atoms with E-state index < -0.39 is 0 Å². The van der Waals surface area contributed by atoms with E-state index in [9.17, 15) is 0 Å². The molecule has 2 atom stereocenters. The van der Waals surface area contributed by atoms with Crippen LogP contribution in [-0.2, 0) is 5.54 Å². The molecule has 116 valence electrons. The molecule has 2 unspecified atom stereocenters. The Hall–Kier alpha value is -0.510. The Bertz CT molecular complexity index is 456. The summed E-state index contributed by atoms with van der Waals surface area (Å²) < 4.78 is 0.474. The molecular formula is C18H28N2S. The van der Waals surface area contributed by atoms with E-state index in [1.807, 2.05) is 0 Å². The molecule has 0 amide bonds. The van der Waals surface area contributed by atoms with Gasteiger partial charge in [0.15, 0.2) is 0 Å². The number of thioether (sulfide) groups is 1. The lowest BCUT2D eigenvalue weighted by Gasteiger charge is -2.37. The van der Waals surface area contributed by atoms with Crippen molar-refractivity contribution in [3.63, 3.8) is 0 Å². The molecule has 1 aromatic carbocycles. The lowest BCUT2D eigenvalue weighted by molar-refractivity contribution is 0.204. The van der Waals surface area contributed by atoms with Crippen LogP contribution in [0.2, 0.25) is 0 Å². The summed E-state index contributed by atoms with van der Waals surface area (Å²) in [4.78, 5) is 2.70. The van der Waals surface area contributed by atoms with E-state index in [-0.39, 0.29) is 5.54 Å². The predicted octanol–water partition coefficient (Wildman–Crippen LogP) is 3.48. The van der Waals surface area contributed by atoms with Crippen molar-refractivity contribution >= 4 is 11.8 Å². The summed E-state index contributed by atoms with van der Waals surface area (Å²) in [6.07, 6.45) is 4.02. The van der Waals surface area contributed by atoms with E-state index in [2.05, 4.69) is 66.2 Å². The molecule has 0 bridgehead atoms. The monoisotopic (exact) mass is 304 g/mol. The van der Waals surface area contributed by atoms with E-state index in [1.165, 1.54) is 43.7 Å². The first-order chi connectivity index (χ1) is 10.1. The smallest absolute Gasteiger partial charge is 0.0534 e. The van der Waals surface area contributed by atoms with Crippen molar-refractivity contribution in [3.8, 4) is 0 Å². The van der Waals surface area contributed by atoms with Gasteiger partial charge in [0.05, 0.1) is 5.54 Å². The normalized spacial score (nSPS) is 34.8. The van der Waals surface area contributed by atoms with Crippen molar-refractivity contribution in [1.82, 2.24) is 10.2 Å². The first kappa shape index (κ1) is 15.4. The van der Waals surface area contributed by atoms with Crippen LogP contribution in [0, 0.1) is 0 Å². The van der Waals surface area contributed by atoms with Gasteiger partial charge in [-0.2, -0.15) is 11.8 Å². The summed E-state index contributed by atoms with van der Waals surface area (Å²) in [6.45, 7) is 9.53. The Morgan fingerprint density at radius 2 is 2.00 bits per heavy atom. The fourth-order valence-electron chi connectivity index (χ4n) is 3.82. The number of nitrogens with zero attached hydrogens (tertiary/aromatic N) is 1. The number of rotatable bonds is 3. The Kier molecular flexibility index (Phi) is 4.63. The number of nitrogens with one attached hydrogen (secondary N) is 1. The maximum Gasteiger partial charge on any atom is 0.0534 e. The van der Waals surface area contributed by atoms with Crippen LogP contribution in [-0.4, -0.2) is 41.6 Å². The van der Waals surface area contributed by atoms with Crippen LogP contribution in [0.5, 0.6) is 0 Å². The van der Waals surface area contributed by atoms with Gasteiger partial charge < -0.3 is 5.32 Å². The molecule has 1 N–H and O–H groups in total. The lowest BCUT2D eigenvalue weighted by Crippen LogP contribution is -2.48. The van der Waals surface area contributed by atoms with Gasteiger partial charge in [0.1, 0.15) is 0 Å². The quantitative estimate of drug-likeness (QED) is 0.920. The highest BCUT2D eigenvalue weighted by molar-refractivity contribution is 8.00. The van der Waals surface area contributed by atoms with Crippen molar-refractivity contribution in [2.24, 2.45) is 0 Å². The van der Waals surface area contributed by atoms with Crippen molar-refractivity contribution in [3.05, 3.63) is 35.9 Å². The molecule has 2 saturated heterocycles. The van der Waals surface area contributed by atoms with E-state index in [0.29, 0.717) is 4.75 Å². The van der Waals surface area contributed by atoms with Crippen molar-refractivity contribution < 1.29 is 0 Å². The second-order valence-electron chi connectivity index (χ2n) is 7.09. The average Bonchev–Trinajstić information content (AvgIpc) is 2.81. The van der Waals surface area contributed by atoms with Crippen LogP contribution in [0.3, 0.4) is 0 Å². The molecule has 0 saturated carbocycles. The number of benzene rings is 1. The fourth-order valence-corrected chi connectivity index (χ4v) is 5.16. The van der Waals surface area contributed by atoms with Gasteiger partial charge in [0, 0.05) is 17.8 Å². The Labute approximate surface area is 133 Å². The van der Waals surface area contributed by atoms with Crippen molar-refractivity contribution in [1.29, 1.82) is 0 Å². The molecule has 21 heavy (non-hydrogen) atoms. The van der Waals surface area contributed by atoms with Crippen LogP contribution in [0.25, 0.3) is 0 Å². The number of hydrogen-bond donors (Lipinski definition) is 1. The molecule has 3 heteroatoms. The van der Waals surface area contributed by atoms with E-state index >= 15 is 0 Å². The third-order valence-electron chi connectivity index (χ3n) is 4.98. The van der Waals surface area contributed by atoms with Gasteiger partial charge in [-0.05, 0) is 57.5 Å². The van der Waals surface area contributed by atoms with E-state index in [4.69, 9.17) is 0 Å². The van der Waals surface area contributed by atoms with E-state index in [1.54, 1.807) is 0 Å². The summed E-state index contributed by atoms with van der Waals surface area (Å²) in [7, 11) is 0. The molecule has 2 nitrogen and oxygen atoms in total. The Balaban J connectivity index is 1.74. The standard InChI is InChI=1S/C18H28N2S/c1-17(10-6-13-21-17)14-20-12-7-11-19-18(2,15-20)16-8-4-3-5-9-16/h3-5,8-9,19H,6-7,10-15H2,1-2H3. The number of hydrogen-bond acceptors (Lipinski definition) is 3. The third kappa shape index (κ3) is 3.64. The fraction of sp³-hybridized carbons (Fsp3) is 0.667. The minimum absolute atomic E-state index is 0.0807. The van der Waals surface area contributed by atoms with Crippen LogP contribution >= 0.6 is 11.8 Å². The summed E-state index contributed by atoms with van der Waals surface area (Å²) >= 11 is 2.18. The molecule has 2 aliphatic rings. The van der Waals surface area contributed by atoms with Crippen LogP contribution < -0.4 is 5.32 Å². The zero-order valence-electron chi connectivity index (χ0n) is 13.4. The van der Waals surface area contributed by atoms with Gasteiger partial charge in [0.25, 0.3) is 0 Å². The maximum absolute atomic E-state index is 3.79. The Morgan fingerprint density at radius 3 is 2.71 bits per heavy atom. The van der Waals surface area contributed by atoms with Crippen molar-refractivity contribution in [2.75, 3.05) is 31.9 Å². The van der Waals surface area contributed by atoms with Gasteiger partial charge in [-0.15, -0.1) is 0 Å². The van der Waals surface area contributed by atoms with Crippen LogP contribution in [0.1, 0.15) is 38.7 Å². The SMILES string of the molecule is CC1(CN2CCCNC(C)(c3ccccc3)C2)CCCS1. The molecule has 0 aromatic heterocycles. The molecular weight excluding hydrogens is 276 g/mol. The molecule has 0 radical (unpaired) electrons. The molecule has 3 rings (SSSR count). The third-order valence-corrected chi connectivity index (χ3v) is 6.50. The second kappa shape index (κ2) is 6.31. The zero-order chi connectivity index (χ0) is 14.8. The molecule has 2 fully saturated rings. The average molecular weight is 305 g/mol. The largest absolute Gasteiger partial charge is 0.307 e. The highest BCUT2D eigenvalue weighted by atomic mass is 32.2. The highest BCUT2D eigenvalue weighted by Gasteiger charge is 2.36. The zero-order valence-corrected chi connectivity index (χ0v) is 14.2. The highest BCUT2D eigenvalue weighted by Crippen LogP contribution is 2.39. The summed E-state index contributed by atoms with van der Waals surface area (Å²) in [5.41, 5.74) is 1.50.